The number of rotatable bonds is 4. The largest absolute Gasteiger partial charge is 0.412 e. The predicted molar refractivity (Wildman–Crippen MR) is 79.4 cm³/mol. The SMILES string of the molecule is C[C@@H](CO)CN(C)C.Cc1ccc(S(=O)(=O)O)cc1.O. The summed E-state index contributed by atoms with van der Waals surface area (Å²) in [6.07, 6.45) is 0. The number of aliphatic hydroxyl groups is 1. The first-order chi connectivity index (χ1) is 8.66. The molecule has 0 heterocycles. The zero-order valence-electron chi connectivity index (χ0n) is 12.4. The number of hydrogen-bond donors (Lipinski definition) is 2. The van der Waals surface area contributed by atoms with Crippen molar-refractivity contribution in [3.8, 4) is 0 Å². The minimum absolute atomic E-state index is 0. The summed E-state index contributed by atoms with van der Waals surface area (Å²) < 4.78 is 29.6. The van der Waals surface area contributed by atoms with Crippen molar-refractivity contribution in [2.45, 2.75) is 18.7 Å². The maximum absolute atomic E-state index is 10.5. The molecule has 20 heavy (non-hydrogen) atoms. The van der Waals surface area contributed by atoms with Crippen molar-refractivity contribution in [3.05, 3.63) is 29.8 Å². The lowest BCUT2D eigenvalue weighted by Gasteiger charge is -2.13. The first-order valence-corrected chi connectivity index (χ1v) is 7.40. The van der Waals surface area contributed by atoms with E-state index in [0.717, 1.165) is 12.1 Å². The molecule has 0 bridgehead atoms. The molecule has 0 amide bonds. The van der Waals surface area contributed by atoms with Crippen LogP contribution in [-0.2, 0) is 10.1 Å². The summed E-state index contributed by atoms with van der Waals surface area (Å²) in [7, 11) is -0.00736. The molecule has 0 unspecified atom stereocenters. The second-order valence-electron chi connectivity index (χ2n) is 4.84. The van der Waals surface area contributed by atoms with Crippen LogP contribution in [0.2, 0.25) is 0 Å². The van der Waals surface area contributed by atoms with Gasteiger partial charge in [-0.25, -0.2) is 0 Å². The molecule has 0 aromatic heterocycles. The molecule has 0 saturated carbocycles. The average molecular weight is 307 g/mol. The van der Waals surface area contributed by atoms with Gasteiger partial charge in [-0.2, -0.15) is 8.42 Å². The van der Waals surface area contributed by atoms with Crippen LogP contribution in [0.4, 0.5) is 0 Å². The van der Waals surface area contributed by atoms with E-state index < -0.39 is 10.1 Å². The van der Waals surface area contributed by atoms with E-state index in [9.17, 15) is 8.42 Å². The van der Waals surface area contributed by atoms with Gasteiger partial charge in [-0.3, -0.25) is 4.55 Å². The molecule has 1 atom stereocenters. The Morgan fingerprint density at radius 1 is 1.20 bits per heavy atom. The second-order valence-corrected chi connectivity index (χ2v) is 6.26. The lowest BCUT2D eigenvalue weighted by molar-refractivity contribution is 0.204. The van der Waals surface area contributed by atoms with Crippen LogP contribution in [0.3, 0.4) is 0 Å². The first-order valence-electron chi connectivity index (χ1n) is 5.96. The van der Waals surface area contributed by atoms with Crippen LogP contribution in [0.1, 0.15) is 12.5 Å². The zero-order valence-corrected chi connectivity index (χ0v) is 13.2. The third-order valence-corrected chi connectivity index (χ3v) is 3.18. The Balaban J connectivity index is 0. The molecule has 0 fully saturated rings. The lowest BCUT2D eigenvalue weighted by Crippen LogP contribution is -2.21. The van der Waals surface area contributed by atoms with E-state index >= 15 is 0 Å². The van der Waals surface area contributed by atoms with E-state index in [0.29, 0.717) is 5.92 Å². The second kappa shape index (κ2) is 9.84. The van der Waals surface area contributed by atoms with Crippen molar-refractivity contribution in [2.24, 2.45) is 5.92 Å². The highest BCUT2D eigenvalue weighted by molar-refractivity contribution is 7.85. The number of aryl methyl sites for hydroxylation is 1. The molecule has 7 heteroatoms. The molecule has 0 aliphatic carbocycles. The third-order valence-electron chi connectivity index (χ3n) is 2.31. The molecule has 6 nitrogen and oxygen atoms in total. The Morgan fingerprint density at radius 3 is 1.90 bits per heavy atom. The Hall–Kier alpha value is -0.990. The van der Waals surface area contributed by atoms with Crippen molar-refractivity contribution in [1.29, 1.82) is 0 Å². The Morgan fingerprint density at radius 2 is 1.65 bits per heavy atom. The van der Waals surface area contributed by atoms with Gasteiger partial charge >= 0.3 is 0 Å². The highest BCUT2D eigenvalue weighted by Gasteiger charge is 2.06. The van der Waals surface area contributed by atoms with Gasteiger partial charge in [-0.1, -0.05) is 24.6 Å². The molecule has 118 valence electrons. The van der Waals surface area contributed by atoms with Crippen LogP contribution in [0.25, 0.3) is 0 Å². The fraction of sp³-hybridized carbons (Fsp3) is 0.538. The van der Waals surface area contributed by atoms with Crippen molar-refractivity contribution in [2.75, 3.05) is 27.2 Å². The summed E-state index contributed by atoms with van der Waals surface area (Å²) in [6, 6.07) is 5.99. The molecular weight excluding hydrogens is 282 g/mol. The standard InChI is InChI=1S/C7H8O3S.C6H15NO.H2O/c1-6-2-4-7(5-3-6)11(8,9)10;1-6(5-8)4-7(2)3;/h2-5H,1H3,(H,8,9,10);6,8H,4-5H2,1-3H3;1H2/t;6-;/m.1./s1. The summed E-state index contributed by atoms with van der Waals surface area (Å²) >= 11 is 0. The molecule has 0 radical (unpaired) electrons. The Bertz CT molecular complexity index is 456. The normalized spacial score (nSPS) is 12.2. The summed E-state index contributed by atoms with van der Waals surface area (Å²) in [6.45, 7) is 5.13. The van der Waals surface area contributed by atoms with Crippen molar-refractivity contribution >= 4 is 10.1 Å². The zero-order chi connectivity index (χ0) is 15.1. The van der Waals surface area contributed by atoms with Gasteiger partial charge in [0, 0.05) is 13.2 Å². The molecular formula is C13H25NO5S. The fourth-order valence-electron chi connectivity index (χ4n) is 1.39. The fourth-order valence-corrected chi connectivity index (χ4v) is 1.87. The van der Waals surface area contributed by atoms with E-state index in [1.807, 2.05) is 27.9 Å². The molecule has 4 N–H and O–H groups in total. The highest BCUT2D eigenvalue weighted by atomic mass is 32.2. The van der Waals surface area contributed by atoms with Gasteiger partial charge in [-0.15, -0.1) is 0 Å². The van der Waals surface area contributed by atoms with Gasteiger partial charge in [0.25, 0.3) is 10.1 Å². The van der Waals surface area contributed by atoms with E-state index in [1.165, 1.54) is 12.1 Å². The Kier molecular flexibility index (Phi) is 10.5. The minimum Gasteiger partial charge on any atom is -0.412 e. The van der Waals surface area contributed by atoms with Crippen molar-refractivity contribution < 1.29 is 23.6 Å². The van der Waals surface area contributed by atoms with Crippen LogP contribution in [-0.4, -0.2) is 55.7 Å². The quantitative estimate of drug-likeness (QED) is 0.791. The van der Waals surface area contributed by atoms with Crippen LogP contribution in [0, 0.1) is 12.8 Å². The predicted octanol–water partition coefficient (Wildman–Crippen LogP) is 0.593. The Labute approximate surface area is 121 Å². The van der Waals surface area contributed by atoms with E-state index in [4.69, 9.17) is 9.66 Å². The lowest BCUT2D eigenvalue weighted by atomic mass is 10.2. The van der Waals surface area contributed by atoms with Crippen LogP contribution >= 0.6 is 0 Å². The van der Waals surface area contributed by atoms with Crippen LogP contribution < -0.4 is 0 Å². The summed E-state index contributed by atoms with van der Waals surface area (Å²) in [4.78, 5) is 2.00. The molecule has 0 aliphatic rings. The third kappa shape index (κ3) is 9.88. The summed E-state index contributed by atoms with van der Waals surface area (Å²) in [5.41, 5.74) is 0.956. The van der Waals surface area contributed by atoms with Gasteiger partial charge in [0.2, 0.25) is 0 Å². The van der Waals surface area contributed by atoms with Crippen molar-refractivity contribution in [3.63, 3.8) is 0 Å². The number of aliphatic hydroxyl groups excluding tert-OH is 1. The van der Waals surface area contributed by atoms with Gasteiger partial charge in [0.15, 0.2) is 0 Å². The van der Waals surface area contributed by atoms with E-state index in [2.05, 4.69) is 4.90 Å². The number of nitrogens with zero attached hydrogens (tertiary/aromatic N) is 1. The topological polar surface area (TPSA) is 109 Å². The van der Waals surface area contributed by atoms with Gasteiger partial charge in [0.05, 0.1) is 4.90 Å². The van der Waals surface area contributed by atoms with Gasteiger partial charge in [0.1, 0.15) is 0 Å². The number of hydrogen-bond acceptors (Lipinski definition) is 4. The molecule has 0 spiro atoms. The van der Waals surface area contributed by atoms with E-state index in [1.54, 1.807) is 12.1 Å². The number of benzene rings is 1. The first kappa shape index (κ1) is 21.3. The van der Waals surface area contributed by atoms with E-state index in [-0.39, 0.29) is 17.0 Å². The average Bonchev–Trinajstić information content (AvgIpc) is 2.28. The van der Waals surface area contributed by atoms with Gasteiger partial charge < -0.3 is 15.5 Å². The summed E-state index contributed by atoms with van der Waals surface area (Å²) in [5.74, 6) is 0.407. The van der Waals surface area contributed by atoms with Crippen molar-refractivity contribution in [1.82, 2.24) is 4.90 Å². The summed E-state index contributed by atoms with van der Waals surface area (Å²) in [5, 5.41) is 8.56. The molecule has 0 saturated heterocycles. The maximum atomic E-state index is 10.5. The van der Waals surface area contributed by atoms with Gasteiger partial charge in [-0.05, 0) is 39.1 Å². The minimum atomic E-state index is -4.02. The molecule has 1 rings (SSSR count). The van der Waals surface area contributed by atoms with Crippen LogP contribution in [0.15, 0.2) is 29.2 Å². The molecule has 1 aromatic rings. The monoisotopic (exact) mass is 307 g/mol. The maximum Gasteiger partial charge on any atom is 0.294 e. The smallest absolute Gasteiger partial charge is 0.294 e. The highest BCUT2D eigenvalue weighted by Crippen LogP contribution is 2.08. The molecule has 1 aromatic carbocycles. The van der Waals surface area contributed by atoms with Crippen LogP contribution in [0.5, 0.6) is 0 Å². The molecule has 0 aliphatic heterocycles.